The third-order valence-electron chi connectivity index (χ3n) is 3.00. The van der Waals surface area contributed by atoms with Crippen LogP contribution >= 0.6 is 12.4 Å². The van der Waals surface area contributed by atoms with E-state index in [2.05, 4.69) is 29.2 Å². The summed E-state index contributed by atoms with van der Waals surface area (Å²) in [6, 6.07) is 8.45. The Morgan fingerprint density at radius 2 is 2.00 bits per heavy atom. The van der Waals surface area contributed by atoms with E-state index in [9.17, 15) is 0 Å². The summed E-state index contributed by atoms with van der Waals surface area (Å²) in [7, 11) is 0. The molecule has 1 aromatic carbocycles. The molecule has 94 valence electrons. The highest BCUT2D eigenvalue weighted by molar-refractivity contribution is 5.85. The van der Waals surface area contributed by atoms with Crippen molar-refractivity contribution in [1.82, 2.24) is 4.98 Å². The van der Waals surface area contributed by atoms with Gasteiger partial charge in [0.25, 0.3) is 0 Å². The highest BCUT2D eigenvalue weighted by Gasteiger charge is 2.09. The zero-order valence-electron chi connectivity index (χ0n) is 9.86. The van der Waals surface area contributed by atoms with Crippen LogP contribution in [0.4, 0.5) is 0 Å². The van der Waals surface area contributed by atoms with E-state index in [0.717, 1.165) is 31.3 Å². The minimum atomic E-state index is 0. The number of aromatic amines is 1. The van der Waals surface area contributed by atoms with E-state index >= 15 is 0 Å². The summed E-state index contributed by atoms with van der Waals surface area (Å²) in [4.78, 5) is 3.21. The zero-order chi connectivity index (χ0) is 11.4. The molecule has 0 unspecified atom stereocenters. The van der Waals surface area contributed by atoms with Gasteiger partial charge in [0.1, 0.15) is 0 Å². The summed E-state index contributed by atoms with van der Waals surface area (Å²) in [6.07, 6.45) is 5.11. The summed E-state index contributed by atoms with van der Waals surface area (Å²) < 4.78 is 0. The van der Waals surface area contributed by atoms with Crippen LogP contribution < -0.4 is 11.5 Å². The van der Waals surface area contributed by atoms with Crippen molar-refractivity contribution in [1.29, 1.82) is 0 Å². The monoisotopic (exact) mass is 253 g/mol. The second kappa shape index (κ2) is 6.64. The van der Waals surface area contributed by atoms with Crippen LogP contribution in [0, 0.1) is 0 Å². The van der Waals surface area contributed by atoms with Crippen molar-refractivity contribution in [2.24, 2.45) is 11.5 Å². The molecule has 2 rings (SSSR count). The number of benzene rings is 1. The molecule has 17 heavy (non-hydrogen) atoms. The Morgan fingerprint density at radius 3 is 2.76 bits per heavy atom. The van der Waals surface area contributed by atoms with Crippen molar-refractivity contribution in [2.45, 2.75) is 25.3 Å². The van der Waals surface area contributed by atoms with Crippen LogP contribution in [0.5, 0.6) is 0 Å². The van der Waals surface area contributed by atoms with Crippen molar-refractivity contribution >= 4 is 23.3 Å². The first-order chi connectivity index (χ1) is 7.83. The molecule has 2 aromatic rings. The molecule has 5 N–H and O–H groups in total. The topological polar surface area (TPSA) is 67.8 Å². The number of halogens is 1. The van der Waals surface area contributed by atoms with Gasteiger partial charge in [-0.2, -0.15) is 0 Å². The molecule has 0 aliphatic rings. The third kappa shape index (κ3) is 3.22. The van der Waals surface area contributed by atoms with Gasteiger partial charge in [-0.15, -0.1) is 12.4 Å². The predicted octanol–water partition coefficient (Wildman–Crippen LogP) is 2.72. The maximum absolute atomic E-state index is 6.21. The highest BCUT2D eigenvalue weighted by atomic mass is 35.5. The van der Waals surface area contributed by atoms with Gasteiger partial charge in [0.15, 0.2) is 0 Å². The molecule has 0 fully saturated rings. The Bertz CT molecular complexity index is 453. The fourth-order valence-corrected chi connectivity index (χ4v) is 2.10. The SMILES string of the molecule is Cl.NCCCC[C@@H](N)c1cccc2[nH]ccc12. The minimum absolute atomic E-state index is 0. The average molecular weight is 254 g/mol. The number of hydrogen-bond donors (Lipinski definition) is 3. The lowest BCUT2D eigenvalue weighted by Gasteiger charge is -2.12. The molecular formula is C13H20ClN3. The molecule has 0 spiro atoms. The molecule has 0 saturated carbocycles. The number of nitrogens with one attached hydrogen (secondary N) is 1. The van der Waals surface area contributed by atoms with Gasteiger partial charge >= 0.3 is 0 Å². The third-order valence-corrected chi connectivity index (χ3v) is 3.00. The lowest BCUT2D eigenvalue weighted by Crippen LogP contribution is -2.11. The maximum atomic E-state index is 6.21. The van der Waals surface area contributed by atoms with E-state index in [-0.39, 0.29) is 18.4 Å². The Morgan fingerprint density at radius 1 is 1.18 bits per heavy atom. The lowest BCUT2D eigenvalue weighted by atomic mass is 9.99. The van der Waals surface area contributed by atoms with E-state index in [0.29, 0.717) is 0 Å². The van der Waals surface area contributed by atoms with E-state index in [1.165, 1.54) is 10.9 Å². The van der Waals surface area contributed by atoms with Crippen LogP contribution in [0.2, 0.25) is 0 Å². The normalized spacial score (nSPS) is 12.4. The maximum Gasteiger partial charge on any atom is 0.0457 e. The Labute approximate surface area is 108 Å². The van der Waals surface area contributed by atoms with Crippen LogP contribution in [-0.2, 0) is 0 Å². The average Bonchev–Trinajstić information content (AvgIpc) is 2.76. The van der Waals surface area contributed by atoms with Gasteiger partial charge in [0.05, 0.1) is 0 Å². The standard InChI is InChI=1S/C13H19N3.ClH/c14-8-2-1-5-12(15)10-4-3-6-13-11(10)7-9-16-13;/h3-4,6-7,9,12,16H,1-2,5,8,14-15H2;1H/t12-;/m1./s1. The first kappa shape index (κ1) is 14.0. The van der Waals surface area contributed by atoms with Gasteiger partial charge in [-0.05, 0) is 37.1 Å². The quantitative estimate of drug-likeness (QED) is 0.718. The minimum Gasteiger partial charge on any atom is -0.361 e. The van der Waals surface area contributed by atoms with Gasteiger partial charge in [-0.25, -0.2) is 0 Å². The zero-order valence-corrected chi connectivity index (χ0v) is 10.7. The molecular weight excluding hydrogens is 234 g/mol. The van der Waals surface area contributed by atoms with Gasteiger partial charge in [0.2, 0.25) is 0 Å². The molecule has 0 saturated heterocycles. The summed E-state index contributed by atoms with van der Waals surface area (Å²) in [5, 5.41) is 1.24. The van der Waals surface area contributed by atoms with Crippen molar-refractivity contribution < 1.29 is 0 Å². The fraction of sp³-hybridized carbons (Fsp3) is 0.385. The van der Waals surface area contributed by atoms with Gasteiger partial charge in [0, 0.05) is 23.1 Å². The van der Waals surface area contributed by atoms with E-state index in [4.69, 9.17) is 11.5 Å². The van der Waals surface area contributed by atoms with Crippen LogP contribution in [0.25, 0.3) is 10.9 Å². The van der Waals surface area contributed by atoms with Gasteiger partial charge < -0.3 is 16.5 Å². The smallest absolute Gasteiger partial charge is 0.0457 e. The van der Waals surface area contributed by atoms with Crippen LogP contribution in [-0.4, -0.2) is 11.5 Å². The first-order valence-electron chi connectivity index (χ1n) is 5.84. The van der Waals surface area contributed by atoms with Crippen molar-refractivity contribution in [3.63, 3.8) is 0 Å². The summed E-state index contributed by atoms with van der Waals surface area (Å²) in [6.45, 7) is 0.751. The first-order valence-corrected chi connectivity index (χ1v) is 5.84. The number of fused-ring (bicyclic) bond motifs is 1. The molecule has 1 heterocycles. The summed E-state index contributed by atoms with van der Waals surface area (Å²) in [5.74, 6) is 0. The molecule has 1 atom stereocenters. The fourth-order valence-electron chi connectivity index (χ4n) is 2.10. The second-order valence-corrected chi connectivity index (χ2v) is 4.18. The molecule has 0 bridgehead atoms. The molecule has 0 amide bonds. The predicted molar refractivity (Wildman–Crippen MR) is 75.4 cm³/mol. The molecule has 0 radical (unpaired) electrons. The second-order valence-electron chi connectivity index (χ2n) is 4.18. The van der Waals surface area contributed by atoms with Gasteiger partial charge in [-0.1, -0.05) is 18.6 Å². The lowest BCUT2D eigenvalue weighted by molar-refractivity contribution is 0.594. The van der Waals surface area contributed by atoms with E-state index in [1.54, 1.807) is 0 Å². The molecule has 4 heteroatoms. The van der Waals surface area contributed by atoms with Crippen molar-refractivity contribution in [3.05, 3.63) is 36.0 Å². The highest BCUT2D eigenvalue weighted by Crippen LogP contribution is 2.25. The summed E-state index contributed by atoms with van der Waals surface area (Å²) in [5.41, 5.74) is 14.1. The largest absolute Gasteiger partial charge is 0.361 e. The number of hydrogen-bond acceptors (Lipinski definition) is 2. The van der Waals surface area contributed by atoms with Crippen molar-refractivity contribution in [3.8, 4) is 0 Å². The number of aromatic nitrogens is 1. The Kier molecular flexibility index (Phi) is 5.48. The number of rotatable bonds is 5. The molecule has 3 nitrogen and oxygen atoms in total. The van der Waals surface area contributed by atoms with Crippen LogP contribution in [0.15, 0.2) is 30.5 Å². The molecule has 0 aliphatic carbocycles. The van der Waals surface area contributed by atoms with E-state index < -0.39 is 0 Å². The van der Waals surface area contributed by atoms with Crippen LogP contribution in [0.1, 0.15) is 30.9 Å². The molecule has 0 aliphatic heterocycles. The Hall–Kier alpha value is -1.03. The number of unbranched alkanes of at least 4 members (excludes halogenated alkanes) is 1. The van der Waals surface area contributed by atoms with Gasteiger partial charge in [-0.3, -0.25) is 0 Å². The van der Waals surface area contributed by atoms with Crippen molar-refractivity contribution in [2.75, 3.05) is 6.54 Å². The van der Waals surface area contributed by atoms with E-state index in [1.807, 2.05) is 6.20 Å². The molecule has 1 aromatic heterocycles. The number of nitrogens with two attached hydrogens (primary N) is 2. The summed E-state index contributed by atoms with van der Waals surface area (Å²) >= 11 is 0. The number of H-pyrrole nitrogens is 1. The van der Waals surface area contributed by atoms with Crippen LogP contribution in [0.3, 0.4) is 0 Å². The Balaban J connectivity index is 0.00000144.